The molecule has 2 atom stereocenters. The number of benzene rings is 1. The van der Waals surface area contributed by atoms with Crippen molar-refractivity contribution in [1.82, 2.24) is 15.6 Å². The molecule has 2 N–H and O–H groups in total. The van der Waals surface area contributed by atoms with Crippen molar-refractivity contribution >= 4 is 17.2 Å². The van der Waals surface area contributed by atoms with E-state index in [9.17, 15) is 4.79 Å². The highest BCUT2D eigenvalue weighted by Crippen LogP contribution is 2.35. The summed E-state index contributed by atoms with van der Waals surface area (Å²) in [7, 11) is 3.21. The first-order valence-electron chi connectivity index (χ1n) is 8.75. The molecule has 1 fully saturated rings. The fourth-order valence-electron chi connectivity index (χ4n) is 3.12. The van der Waals surface area contributed by atoms with E-state index in [2.05, 4.69) is 22.5 Å². The summed E-state index contributed by atoms with van der Waals surface area (Å²) in [5, 5.41) is 7.29. The van der Waals surface area contributed by atoms with E-state index < -0.39 is 0 Å². The van der Waals surface area contributed by atoms with Gasteiger partial charge in [0.2, 0.25) is 0 Å². The third kappa shape index (κ3) is 3.83. The van der Waals surface area contributed by atoms with E-state index in [1.54, 1.807) is 14.2 Å². The van der Waals surface area contributed by atoms with Gasteiger partial charge in [0.15, 0.2) is 11.5 Å². The van der Waals surface area contributed by atoms with Crippen molar-refractivity contribution < 1.29 is 14.3 Å². The summed E-state index contributed by atoms with van der Waals surface area (Å²) >= 11 is 1.40. The van der Waals surface area contributed by atoms with E-state index in [1.807, 2.05) is 25.1 Å². The van der Waals surface area contributed by atoms with Gasteiger partial charge in [-0.2, -0.15) is 0 Å². The standard InChI is InChI=1S/C19H25N3O3S/c1-11-7-8-20-10-14(11)22-18(23)17-12(2)21-19(26-17)13-5-6-15(24-3)16(9-13)25-4/h5-6,9,11,14,20H,7-8,10H2,1-4H3,(H,22,23). The van der Waals surface area contributed by atoms with Crippen LogP contribution in [0.2, 0.25) is 0 Å². The second-order valence-corrected chi connectivity index (χ2v) is 7.55. The van der Waals surface area contributed by atoms with Gasteiger partial charge in [-0.05, 0) is 44.0 Å². The minimum atomic E-state index is -0.0488. The number of thiazole rings is 1. The Hall–Kier alpha value is -2.12. The predicted molar refractivity (Wildman–Crippen MR) is 103 cm³/mol. The number of hydrogen-bond acceptors (Lipinski definition) is 6. The van der Waals surface area contributed by atoms with Gasteiger partial charge in [-0.3, -0.25) is 4.79 Å². The van der Waals surface area contributed by atoms with Crippen LogP contribution >= 0.6 is 11.3 Å². The number of rotatable bonds is 5. The molecule has 1 aliphatic heterocycles. The third-order valence-electron chi connectivity index (χ3n) is 4.78. The van der Waals surface area contributed by atoms with Crippen molar-refractivity contribution in [2.45, 2.75) is 26.3 Å². The Morgan fingerprint density at radius 1 is 1.31 bits per heavy atom. The second-order valence-electron chi connectivity index (χ2n) is 6.55. The molecule has 6 nitrogen and oxygen atoms in total. The molecule has 1 aliphatic rings. The molecule has 2 heterocycles. The predicted octanol–water partition coefficient (Wildman–Crippen LogP) is 2.86. The number of nitrogens with zero attached hydrogens (tertiary/aromatic N) is 1. The number of amides is 1. The highest BCUT2D eigenvalue weighted by atomic mass is 32.1. The van der Waals surface area contributed by atoms with E-state index in [4.69, 9.17) is 9.47 Å². The third-order valence-corrected chi connectivity index (χ3v) is 5.98. The highest BCUT2D eigenvalue weighted by molar-refractivity contribution is 7.17. The van der Waals surface area contributed by atoms with Gasteiger partial charge in [-0.1, -0.05) is 6.92 Å². The van der Waals surface area contributed by atoms with Crippen LogP contribution in [0.5, 0.6) is 11.5 Å². The molecule has 1 saturated heterocycles. The molecule has 1 amide bonds. The van der Waals surface area contributed by atoms with Crippen LogP contribution in [-0.4, -0.2) is 44.2 Å². The molecule has 26 heavy (non-hydrogen) atoms. The fourth-order valence-corrected chi connectivity index (χ4v) is 4.08. The molecular formula is C19H25N3O3S. The lowest BCUT2D eigenvalue weighted by molar-refractivity contribution is 0.0918. The zero-order chi connectivity index (χ0) is 18.7. The minimum absolute atomic E-state index is 0.0488. The first kappa shape index (κ1) is 18.7. The average molecular weight is 375 g/mol. The average Bonchev–Trinajstić information content (AvgIpc) is 3.04. The normalized spacial score (nSPS) is 19.8. The number of carbonyl (C=O) groups excluding carboxylic acids is 1. The zero-order valence-corrected chi connectivity index (χ0v) is 16.4. The number of aryl methyl sites for hydroxylation is 1. The van der Waals surface area contributed by atoms with Crippen LogP contribution < -0.4 is 20.1 Å². The Morgan fingerprint density at radius 3 is 2.77 bits per heavy atom. The molecule has 0 aliphatic carbocycles. The van der Waals surface area contributed by atoms with Crippen LogP contribution in [-0.2, 0) is 0 Å². The van der Waals surface area contributed by atoms with Crippen molar-refractivity contribution in [3.63, 3.8) is 0 Å². The zero-order valence-electron chi connectivity index (χ0n) is 15.6. The van der Waals surface area contributed by atoms with E-state index in [0.29, 0.717) is 22.3 Å². The number of methoxy groups -OCH3 is 2. The molecule has 0 radical (unpaired) electrons. The fraction of sp³-hybridized carbons (Fsp3) is 0.474. The van der Waals surface area contributed by atoms with Gasteiger partial charge in [-0.15, -0.1) is 11.3 Å². The molecule has 0 bridgehead atoms. The van der Waals surface area contributed by atoms with Crippen LogP contribution in [0.3, 0.4) is 0 Å². The number of carbonyl (C=O) groups is 1. The van der Waals surface area contributed by atoms with Gasteiger partial charge in [-0.25, -0.2) is 4.98 Å². The summed E-state index contributed by atoms with van der Waals surface area (Å²) in [5.41, 5.74) is 1.65. The summed E-state index contributed by atoms with van der Waals surface area (Å²) in [6.45, 7) is 5.88. The van der Waals surface area contributed by atoms with Crippen LogP contribution in [0, 0.1) is 12.8 Å². The molecule has 2 unspecified atom stereocenters. The first-order chi connectivity index (χ1) is 12.5. The van der Waals surface area contributed by atoms with Crippen molar-refractivity contribution in [2.75, 3.05) is 27.3 Å². The molecular weight excluding hydrogens is 350 g/mol. The molecule has 0 saturated carbocycles. The van der Waals surface area contributed by atoms with Gasteiger partial charge in [0.1, 0.15) is 9.88 Å². The smallest absolute Gasteiger partial charge is 0.263 e. The number of hydrogen-bond donors (Lipinski definition) is 2. The van der Waals surface area contributed by atoms with Gasteiger partial charge in [0.25, 0.3) is 5.91 Å². The molecule has 2 aromatic rings. The van der Waals surface area contributed by atoms with E-state index in [1.165, 1.54) is 11.3 Å². The van der Waals surface area contributed by atoms with Gasteiger partial charge in [0, 0.05) is 18.2 Å². The Balaban J connectivity index is 1.81. The van der Waals surface area contributed by atoms with E-state index in [-0.39, 0.29) is 11.9 Å². The number of ether oxygens (including phenoxy) is 2. The maximum atomic E-state index is 12.7. The topological polar surface area (TPSA) is 72.5 Å². The number of aromatic nitrogens is 1. The van der Waals surface area contributed by atoms with Crippen molar-refractivity contribution in [2.24, 2.45) is 5.92 Å². The monoisotopic (exact) mass is 375 g/mol. The van der Waals surface area contributed by atoms with Gasteiger partial charge < -0.3 is 20.1 Å². The first-order valence-corrected chi connectivity index (χ1v) is 9.56. The van der Waals surface area contributed by atoms with Gasteiger partial charge >= 0.3 is 0 Å². The molecule has 1 aromatic heterocycles. The summed E-state index contributed by atoms with van der Waals surface area (Å²) < 4.78 is 10.6. The Kier molecular flexibility index (Phi) is 5.78. The lowest BCUT2D eigenvalue weighted by Crippen LogP contribution is -2.50. The molecule has 3 rings (SSSR count). The lowest BCUT2D eigenvalue weighted by Gasteiger charge is -2.30. The molecule has 0 spiro atoms. The number of nitrogens with one attached hydrogen (secondary N) is 2. The quantitative estimate of drug-likeness (QED) is 0.841. The minimum Gasteiger partial charge on any atom is -0.493 e. The van der Waals surface area contributed by atoms with Crippen LogP contribution in [0.1, 0.15) is 28.7 Å². The highest BCUT2D eigenvalue weighted by Gasteiger charge is 2.25. The van der Waals surface area contributed by atoms with Crippen molar-refractivity contribution in [3.8, 4) is 22.1 Å². The molecule has 7 heteroatoms. The Bertz CT molecular complexity index is 790. The Labute approximate surface area is 157 Å². The largest absolute Gasteiger partial charge is 0.493 e. The van der Waals surface area contributed by atoms with Crippen LogP contribution in [0.15, 0.2) is 18.2 Å². The number of piperidine rings is 1. The summed E-state index contributed by atoms with van der Waals surface area (Å²) in [5.74, 6) is 1.73. The van der Waals surface area contributed by atoms with Gasteiger partial charge in [0.05, 0.1) is 19.9 Å². The lowest BCUT2D eigenvalue weighted by atomic mass is 9.95. The van der Waals surface area contributed by atoms with Crippen LogP contribution in [0.4, 0.5) is 0 Å². The van der Waals surface area contributed by atoms with E-state index in [0.717, 1.165) is 35.8 Å². The maximum absolute atomic E-state index is 12.7. The second kappa shape index (κ2) is 8.05. The molecule has 1 aromatic carbocycles. The van der Waals surface area contributed by atoms with Crippen LogP contribution in [0.25, 0.3) is 10.6 Å². The SMILES string of the molecule is COc1ccc(-c2nc(C)c(C(=O)NC3CNCCC3C)s2)cc1OC. The van der Waals surface area contributed by atoms with Crippen molar-refractivity contribution in [3.05, 3.63) is 28.8 Å². The van der Waals surface area contributed by atoms with E-state index >= 15 is 0 Å². The molecule has 140 valence electrons. The van der Waals surface area contributed by atoms with Crippen molar-refractivity contribution in [1.29, 1.82) is 0 Å². The Morgan fingerprint density at radius 2 is 2.08 bits per heavy atom. The summed E-state index contributed by atoms with van der Waals surface area (Å²) in [6.07, 6.45) is 1.07. The summed E-state index contributed by atoms with van der Waals surface area (Å²) in [6, 6.07) is 5.81. The summed E-state index contributed by atoms with van der Waals surface area (Å²) in [4.78, 5) is 18.0. The maximum Gasteiger partial charge on any atom is 0.263 e.